The molecule has 5 nitrogen and oxygen atoms in total. The number of benzene rings is 1. The highest BCUT2D eigenvalue weighted by Gasteiger charge is 2.08. The molecule has 1 heterocycles. The van der Waals surface area contributed by atoms with E-state index in [0.717, 1.165) is 17.8 Å². The molecule has 1 aromatic carbocycles. The molecule has 0 aliphatic heterocycles. The minimum atomic E-state index is -0.541. The summed E-state index contributed by atoms with van der Waals surface area (Å²) in [7, 11) is 0. The van der Waals surface area contributed by atoms with Gasteiger partial charge in [-0.05, 0) is 25.1 Å². The number of nitrogens with one attached hydrogen (secondary N) is 1. The standard InChI is InChI=1S/C13H13FN4O/c1-8-5-17-12(6-16-8)7-18-13(19)9-2-10(14)4-11(15)3-9/h2-6H,7,15H2,1H3,(H,18,19). The molecule has 0 radical (unpaired) electrons. The monoisotopic (exact) mass is 260 g/mol. The van der Waals surface area contributed by atoms with Crippen molar-refractivity contribution in [3.63, 3.8) is 0 Å². The first-order valence-corrected chi connectivity index (χ1v) is 5.66. The number of halogens is 1. The maximum Gasteiger partial charge on any atom is 0.251 e. The average molecular weight is 260 g/mol. The maximum atomic E-state index is 13.1. The molecule has 0 saturated carbocycles. The fraction of sp³-hybridized carbons (Fsp3) is 0.154. The summed E-state index contributed by atoms with van der Waals surface area (Å²) in [6.45, 7) is 2.05. The Labute approximate surface area is 109 Å². The fourth-order valence-corrected chi connectivity index (χ4v) is 1.53. The molecule has 0 aliphatic carbocycles. The van der Waals surface area contributed by atoms with Gasteiger partial charge in [0.2, 0.25) is 0 Å². The first kappa shape index (κ1) is 12.9. The van der Waals surface area contributed by atoms with Crippen LogP contribution in [-0.2, 0) is 6.54 Å². The van der Waals surface area contributed by atoms with Gasteiger partial charge in [0.15, 0.2) is 0 Å². The number of hydrogen-bond acceptors (Lipinski definition) is 4. The van der Waals surface area contributed by atoms with Crippen molar-refractivity contribution >= 4 is 11.6 Å². The van der Waals surface area contributed by atoms with Crippen LogP contribution in [0.3, 0.4) is 0 Å². The van der Waals surface area contributed by atoms with Crippen molar-refractivity contribution in [2.24, 2.45) is 0 Å². The average Bonchev–Trinajstić information content (AvgIpc) is 2.36. The maximum absolute atomic E-state index is 13.1. The highest BCUT2D eigenvalue weighted by atomic mass is 19.1. The van der Waals surface area contributed by atoms with Crippen molar-refractivity contribution in [3.05, 3.63) is 53.4 Å². The van der Waals surface area contributed by atoms with E-state index in [1.54, 1.807) is 12.4 Å². The van der Waals surface area contributed by atoms with E-state index >= 15 is 0 Å². The number of aryl methyl sites for hydroxylation is 1. The smallest absolute Gasteiger partial charge is 0.251 e. The Bertz CT molecular complexity index is 578. The predicted octanol–water partition coefficient (Wildman–Crippen LogP) is 1.44. The molecule has 0 unspecified atom stereocenters. The number of carbonyl (C=O) groups is 1. The molecular weight excluding hydrogens is 247 g/mol. The first-order chi connectivity index (χ1) is 9.04. The van der Waals surface area contributed by atoms with E-state index in [1.165, 1.54) is 6.07 Å². The molecule has 3 N–H and O–H groups in total. The summed E-state index contributed by atoms with van der Waals surface area (Å²) in [5.41, 5.74) is 7.29. The van der Waals surface area contributed by atoms with Gasteiger partial charge in [-0.2, -0.15) is 0 Å². The summed E-state index contributed by atoms with van der Waals surface area (Å²) in [5.74, 6) is -0.950. The van der Waals surface area contributed by atoms with Gasteiger partial charge in [0.1, 0.15) is 5.82 Å². The van der Waals surface area contributed by atoms with Crippen molar-refractivity contribution in [2.75, 3.05) is 5.73 Å². The van der Waals surface area contributed by atoms with Crippen molar-refractivity contribution in [1.29, 1.82) is 0 Å². The summed E-state index contributed by atoms with van der Waals surface area (Å²) in [6, 6.07) is 3.70. The van der Waals surface area contributed by atoms with Crippen LogP contribution in [0.2, 0.25) is 0 Å². The number of aromatic nitrogens is 2. The van der Waals surface area contributed by atoms with Gasteiger partial charge in [0.25, 0.3) is 5.91 Å². The fourth-order valence-electron chi connectivity index (χ4n) is 1.53. The summed E-state index contributed by atoms with van der Waals surface area (Å²) < 4.78 is 13.1. The quantitative estimate of drug-likeness (QED) is 0.818. The largest absolute Gasteiger partial charge is 0.399 e. The molecule has 2 rings (SSSR count). The minimum absolute atomic E-state index is 0.178. The topological polar surface area (TPSA) is 80.9 Å². The Morgan fingerprint density at radius 3 is 2.74 bits per heavy atom. The highest BCUT2D eigenvalue weighted by molar-refractivity contribution is 5.94. The molecule has 1 aromatic heterocycles. The molecule has 19 heavy (non-hydrogen) atoms. The van der Waals surface area contributed by atoms with Crippen molar-refractivity contribution in [3.8, 4) is 0 Å². The van der Waals surface area contributed by atoms with Crippen molar-refractivity contribution in [1.82, 2.24) is 15.3 Å². The molecule has 0 saturated heterocycles. The van der Waals surface area contributed by atoms with E-state index in [4.69, 9.17) is 5.73 Å². The second-order valence-corrected chi connectivity index (χ2v) is 4.11. The van der Waals surface area contributed by atoms with Crippen LogP contribution in [0.1, 0.15) is 21.7 Å². The molecule has 0 atom stereocenters. The van der Waals surface area contributed by atoms with Crippen LogP contribution in [0.25, 0.3) is 0 Å². The van der Waals surface area contributed by atoms with Gasteiger partial charge in [-0.3, -0.25) is 14.8 Å². The van der Waals surface area contributed by atoms with E-state index in [0.29, 0.717) is 5.69 Å². The lowest BCUT2D eigenvalue weighted by atomic mass is 10.2. The number of nitrogens with two attached hydrogens (primary N) is 1. The van der Waals surface area contributed by atoms with Gasteiger partial charge in [-0.15, -0.1) is 0 Å². The molecule has 2 aromatic rings. The van der Waals surface area contributed by atoms with Gasteiger partial charge in [-0.25, -0.2) is 4.39 Å². The Hall–Kier alpha value is -2.50. The van der Waals surface area contributed by atoms with Crippen LogP contribution >= 0.6 is 0 Å². The number of nitrogen functional groups attached to an aromatic ring is 1. The van der Waals surface area contributed by atoms with Crippen LogP contribution < -0.4 is 11.1 Å². The van der Waals surface area contributed by atoms with E-state index < -0.39 is 11.7 Å². The number of rotatable bonds is 3. The van der Waals surface area contributed by atoms with Gasteiger partial charge in [0.05, 0.1) is 24.1 Å². The lowest BCUT2D eigenvalue weighted by Crippen LogP contribution is -2.23. The van der Waals surface area contributed by atoms with Crippen LogP contribution in [0.4, 0.5) is 10.1 Å². The Kier molecular flexibility index (Phi) is 3.70. The van der Waals surface area contributed by atoms with Gasteiger partial charge >= 0.3 is 0 Å². The SMILES string of the molecule is Cc1cnc(CNC(=O)c2cc(N)cc(F)c2)cn1. The van der Waals surface area contributed by atoms with Crippen LogP contribution in [0.5, 0.6) is 0 Å². The van der Waals surface area contributed by atoms with Crippen molar-refractivity contribution < 1.29 is 9.18 Å². The highest BCUT2D eigenvalue weighted by Crippen LogP contribution is 2.10. The zero-order valence-electron chi connectivity index (χ0n) is 10.4. The first-order valence-electron chi connectivity index (χ1n) is 5.66. The van der Waals surface area contributed by atoms with Gasteiger partial charge in [-0.1, -0.05) is 0 Å². The minimum Gasteiger partial charge on any atom is -0.399 e. The molecule has 0 aliphatic rings. The zero-order chi connectivity index (χ0) is 13.8. The number of nitrogens with zero attached hydrogens (tertiary/aromatic N) is 2. The molecule has 0 spiro atoms. The van der Waals surface area contributed by atoms with Crippen LogP contribution in [-0.4, -0.2) is 15.9 Å². The third kappa shape index (κ3) is 3.48. The normalized spacial score (nSPS) is 10.2. The Morgan fingerprint density at radius 1 is 1.32 bits per heavy atom. The molecule has 0 bridgehead atoms. The van der Waals surface area contributed by atoms with E-state index in [1.807, 2.05) is 6.92 Å². The molecule has 1 amide bonds. The van der Waals surface area contributed by atoms with E-state index in [-0.39, 0.29) is 17.8 Å². The summed E-state index contributed by atoms with van der Waals surface area (Å²) in [5, 5.41) is 2.63. The van der Waals surface area contributed by atoms with E-state index in [9.17, 15) is 9.18 Å². The second kappa shape index (κ2) is 5.43. The predicted molar refractivity (Wildman–Crippen MR) is 68.8 cm³/mol. The van der Waals surface area contributed by atoms with Crippen LogP contribution in [0.15, 0.2) is 30.6 Å². The lowest BCUT2D eigenvalue weighted by Gasteiger charge is -2.06. The molecule has 98 valence electrons. The number of anilines is 1. The van der Waals surface area contributed by atoms with E-state index in [2.05, 4.69) is 15.3 Å². The van der Waals surface area contributed by atoms with Crippen molar-refractivity contribution in [2.45, 2.75) is 13.5 Å². The van der Waals surface area contributed by atoms with Gasteiger partial charge in [0, 0.05) is 17.4 Å². The van der Waals surface area contributed by atoms with Gasteiger partial charge < -0.3 is 11.1 Å². The third-order valence-electron chi connectivity index (χ3n) is 2.45. The molecule has 6 heteroatoms. The lowest BCUT2D eigenvalue weighted by molar-refractivity contribution is 0.0950. The summed E-state index contributed by atoms with van der Waals surface area (Å²) >= 11 is 0. The molecule has 0 fully saturated rings. The number of hydrogen-bond donors (Lipinski definition) is 2. The zero-order valence-corrected chi connectivity index (χ0v) is 10.4. The van der Waals surface area contributed by atoms with Crippen LogP contribution in [0, 0.1) is 12.7 Å². The second-order valence-electron chi connectivity index (χ2n) is 4.11. The number of carbonyl (C=O) groups excluding carboxylic acids is 1. The summed E-state index contributed by atoms with van der Waals surface area (Å²) in [4.78, 5) is 20.0. The Morgan fingerprint density at radius 2 is 2.11 bits per heavy atom. The third-order valence-corrected chi connectivity index (χ3v) is 2.45. The molecular formula is C13H13FN4O. The number of amides is 1. The summed E-state index contributed by atoms with van der Waals surface area (Å²) in [6.07, 6.45) is 3.19. The Balaban J connectivity index is 2.03.